The van der Waals surface area contributed by atoms with Crippen LogP contribution in [-0.4, -0.2) is 28.9 Å². The fourth-order valence-electron chi connectivity index (χ4n) is 3.06. The Kier molecular flexibility index (Phi) is 5.02. The van der Waals surface area contributed by atoms with Crippen molar-refractivity contribution in [2.45, 2.75) is 19.8 Å². The van der Waals surface area contributed by atoms with Gasteiger partial charge in [0.25, 0.3) is 11.6 Å². The maximum Gasteiger partial charge on any atom is 0.310 e. The summed E-state index contributed by atoms with van der Waals surface area (Å²) in [5.41, 5.74) is 1.89. The van der Waals surface area contributed by atoms with Crippen LogP contribution >= 0.6 is 0 Å². The molecule has 3 rings (SSSR count). The van der Waals surface area contributed by atoms with Crippen molar-refractivity contribution in [3.8, 4) is 5.75 Å². The number of ether oxygens (including phenoxy) is 1. The SMILES string of the molecule is Cc1ccc([N+](=O)[O-])c(OCC(=O)N2CCCc3cc([N+](=O)[O-])ccc32)c1. The number of nitro groups is 2. The van der Waals surface area contributed by atoms with Gasteiger partial charge in [-0.15, -0.1) is 0 Å². The predicted octanol–water partition coefficient (Wildman–Crippen LogP) is 3.17. The van der Waals surface area contributed by atoms with Crippen LogP contribution in [0.4, 0.5) is 17.1 Å². The molecule has 0 fully saturated rings. The lowest BCUT2D eigenvalue weighted by Gasteiger charge is -2.29. The van der Waals surface area contributed by atoms with E-state index in [2.05, 4.69) is 0 Å². The summed E-state index contributed by atoms with van der Waals surface area (Å²) < 4.78 is 5.43. The number of benzene rings is 2. The van der Waals surface area contributed by atoms with E-state index < -0.39 is 9.85 Å². The fraction of sp³-hybridized carbons (Fsp3) is 0.278. The Hall–Kier alpha value is -3.49. The molecule has 9 heteroatoms. The summed E-state index contributed by atoms with van der Waals surface area (Å²) >= 11 is 0. The maximum absolute atomic E-state index is 12.6. The van der Waals surface area contributed by atoms with Gasteiger partial charge in [-0.1, -0.05) is 6.07 Å². The van der Waals surface area contributed by atoms with E-state index in [9.17, 15) is 25.0 Å². The molecular formula is C18H17N3O6. The second-order valence-corrected chi connectivity index (χ2v) is 6.24. The van der Waals surface area contributed by atoms with E-state index in [-0.39, 0.29) is 29.6 Å². The maximum atomic E-state index is 12.6. The summed E-state index contributed by atoms with van der Waals surface area (Å²) in [5.74, 6) is -0.324. The van der Waals surface area contributed by atoms with Crippen molar-refractivity contribution in [1.29, 1.82) is 0 Å². The van der Waals surface area contributed by atoms with E-state index in [0.717, 1.165) is 11.1 Å². The molecule has 9 nitrogen and oxygen atoms in total. The van der Waals surface area contributed by atoms with Gasteiger partial charge in [0.15, 0.2) is 12.4 Å². The average Bonchev–Trinajstić information content (AvgIpc) is 2.64. The van der Waals surface area contributed by atoms with Crippen LogP contribution in [0.1, 0.15) is 17.5 Å². The van der Waals surface area contributed by atoms with Gasteiger partial charge in [0.1, 0.15) is 0 Å². The zero-order valence-corrected chi connectivity index (χ0v) is 14.6. The molecule has 27 heavy (non-hydrogen) atoms. The lowest BCUT2D eigenvalue weighted by atomic mass is 10.0. The normalized spacial score (nSPS) is 13.0. The average molecular weight is 371 g/mol. The van der Waals surface area contributed by atoms with Gasteiger partial charge in [-0.2, -0.15) is 0 Å². The van der Waals surface area contributed by atoms with E-state index in [0.29, 0.717) is 25.1 Å². The molecule has 0 saturated carbocycles. The summed E-state index contributed by atoms with van der Waals surface area (Å²) in [6.07, 6.45) is 1.31. The highest BCUT2D eigenvalue weighted by Crippen LogP contribution is 2.31. The van der Waals surface area contributed by atoms with Gasteiger partial charge in [-0.25, -0.2) is 0 Å². The number of aryl methyl sites for hydroxylation is 2. The van der Waals surface area contributed by atoms with Crippen LogP contribution in [0.25, 0.3) is 0 Å². The minimum absolute atomic E-state index is 0.0188. The number of non-ortho nitro benzene ring substituents is 1. The molecular weight excluding hydrogens is 354 g/mol. The van der Waals surface area contributed by atoms with Crippen molar-refractivity contribution in [3.63, 3.8) is 0 Å². The molecule has 0 unspecified atom stereocenters. The van der Waals surface area contributed by atoms with Crippen molar-refractivity contribution >= 4 is 23.0 Å². The number of anilines is 1. The number of carbonyl (C=O) groups excluding carboxylic acids is 1. The zero-order chi connectivity index (χ0) is 19.6. The van der Waals surface area contributed by atoms with Gasteiger partial charge in [0.2, 0.25) is 0 Å². The minimum Gasteiger partial charge on any atom is -0.477 e. The molecule has 0 N–H and O–H groups in total. The molecule has 1 amide bonds. The largest absolute Gasteiger partial charge is 0.477 e. The summed E-state index contributed by atoms with van der Waals surface area (Å²) in [6.45, 7) is 1.87. The van der Waals surface area contributed by atoms with Crippen molar-refractivity contribution in [3.05, 3.63) is 67.8 Å². The summed E-state index contributed by atoms with van der Waals surface area (Å²) in [5, 5.41) is 22.0. The topological polar surface area (TPSA) is 116 Å². The first kappa shape index (κ1) is 18.3. The summed E-state index contributed by atoms with van der Waals surface area (Å²) in [4.78, 5) is 35.1. The molecule has 0 aromatic heterocycles. The molecule has 0 spiro atoms. The minimum atomic E-state index is -0.561. The third kappa shape index (κ3) is 3.86. The molecule has 0 bridgehead atoms. The molecule has 1 aliphatic rings. The highest BCUT2D eigenvalue weighted by atomic mass is 16.6. The van der Waals surface area contributed by atoms with E-state index >= 15 is 0 Å². The van der Waals surface area contributed by atoms with Gasteiger partial charge in [-0.05, 0) is 43.0 Å². The number of hydrogen-bond donors (Lipinski definition) is 0. The number of hydrogen-bond acceptors (Lipinski definition) is 6. The monoisotopic (exact) mass is 371 g/mol. The zero-order valence-electron chi connectivity index (χ0n) is 14.6. The first-order valence-corrected chi connectivity index (χ1v) is 8.32. The Bertz CT molecular complexity index is 927. The molecule has 1 heterocycles. The number of carbonyl (C=O) groups is 1. The van der Waals surface area contributed by atoms with Crippen LogP contribution in [-0.2, 0) is 11.2 Å². The second-order valence-electron chi connectivity index (χ2n) is 6.24. The molecule has 2 aromatic carbocycles. The molecule has 2 aromatic rings. The van der Waals surface area contributed by atoms with Crippen molar-refractivity contribution in [2.24, 2.45) is 0 Å². The van der Waals surface area contributed by atoms with Crippen LogP contribution in [0.2, 0.25) is 0 Å². The lowest BCUT2D eigenvalue weighted by Crippen LogP contribution is -2.38. The first-order valence-electron chi connectivity index (χ1n) is 8.32. The molecule has 0 aliphatic carbocycles. The van der Waals surface area contributed by atoms with Gasteiger partial charge < -0.3 is 9.64 Å². The van der Waals surface area contributed by atoms with Crippen LogP contribution in [0.5, 0.6) is 5.75 Å². The van der Waals surface area contributed by atoms with Crippen molar-refractivity contribution < 1.29 is 19.4 Å². The highest BCUT2D eigenvalue weighted by Gasteiger charge is 2.25. The van der Waals surface area contributed by atoms with E-state index in [1.165, 1.54) is 29.2 Å². The Morgan fingerprint density at radius 3 is 2.63 bits per heavy atom. The number of amides is 1. The van der Waals surface area contributed by atoms with Gasteiger partial charge in [0.05, 0.1) is 9.85 Å². The fourth-order valence-corrected chi connectivity index (χ4v) is 3.06. The van der Waals surface area contributed by atoms with E-state index in [1.807, 2.05) is 0 Å². The van der Waals surface area contributed by atoms with Crippen molar-refractivity contribution in [2.75, 3.05) is 18.1 Å². The molecule has 0 atom stereocenters. The van der Waals surface area contributed by atoms with Crippen LogP contribution < -0.4 is 9.64 Å². The highest BCUT2D eigenvalue weighted by molar-refractivity contribution is 5.95. The molecule has 0 radical (unpaired) electrons. The van der Waals surface area contributed by atoms with Gasteiger partial charge in [0, 0.05) is 30.4 Å². The van der Waals surface area contributed by atoms with Gasteiger partial charge >= 0.3 is 5.69 Å². The van der Waals surface area contributed by atoms with Crippen LogP contribution in [0.15, 0.2) is 36.4 Å². The summed E-state index contributed by atoms with van der Waals surface area (Å²) in [7, 11) is 0. The smallest absolute Gasteiger partial charge is 0.310 e. The lowest BCUT2D eigenvalue weighted by molar-refractivity contribution is -0.385. The van der Waals surface area contributed by atoms with E-state index in [1.54, 1.807) is 19.1 Å². The second kappa shape index (κ2) is 7.40. The van der Waals surface area contributed by atoms with Crippen molar-refractivity contribution in [1.82, 2.24) is 0 Å². The molecule has 0 saturated heterocycles. The van der Waals surface area contributed by atoms with E-state index in [4.69, 9.17) is 4.74 Å². The van der Waals surface area contributed by atoms with Crippen LogP contribution in [0, 0.1) is 27.2 Å². The number of nitro benzene ring substituents is 2. The Morgan fingerprint density at radius 2 is 1.93 bits per heavy atom. The first-order chi connectivity index (χ1) is 12.9. The number of fused-ring (bicyclic) bond motifs is 1. The quantitative estimate of drug-likeness (QED) is 0.589. The van der Waals surface area contributed by atoms with Crippen LogP contribution in [0.3, 0.4) is 0 Å². The predicted molar refractivity (Wildman–Crippen MR) is 97.1 cm³/mol. The Labute approximate surface area is 154 Å². The number of rotatable bonds is 5. The third-order valence-electron chi connectivity index (χ3n) is 4.36. The Balaban J connectivity index is 1.78. The standard InChI is InChI=1S/C18H17N3O6/c1-12-4-6-16(21(25)26)17(9-12)27-11-18(22)19-8-2-3-13-10-14(20(23)24)5-7-15(13)19/h4-7,9-10H,2-3,8,11H2,1H3. The third-order valence-corrected chi connectivity index (χ3v) is 4.36. The molecule has 140 valence electrons. The Morgan fingerprint density at radius 1 is 1.15 bits per heavy atom. The summed E-state index contributed by atoms with van der Waals surface area (Å²) in [6, 6.07) is 8.83. The van der Waals surface area contributed by atoms with Gasteiger partial charge in [-0.3, -0.25) is 25.0 Å². The molecule has 1 aliphatic heterocycles. The number of nitrogens with zero attached hydrogens (tertiary/aromatic N) is 3.